The van der Waals surface area contributed by atoms with Crippen LogP contribution in [0.4, 0.5) is 54.5 Å². The van der Waals surface area contributed by atoms with Crippen molar-refractivity contribution in [3.8, 4) is 0 Å². The van der Waals surface area contributed by atoms with Gasteiger partial charge in [0, 0.05) is 85.9 Å². The molecular formula is C48H56F2N8O4. The second kappa shape index (κ2) is 17.4. The molecule has 2 atom stereocenters. The number of nitrogens with one attached hydrogen (secondary N) is 1. The first-order valence-corrected chi connectivity index (χ1v) is 22.6. The normalized spacial score (nSPS) is 25.9. The maximum atomic E-state index is 14.8. The van der Waals surface area contributed by atoms with Crippen molar-refractivity contribution in [3.63, 3.8) is 0 Å². The van der Waals surface area contributed by atoms with E-state index in [4.69, 9.17) is 14.6 Å². The Kier molecular flexibility index (Phi) is 11.5. The fraction of sp³-hybridized carbons (Fsp3) is 0.500. The van der Waals surface area contributed by atoms with Crippen LogP contribution in [-0.4, -0.2) is 80.1 Å². The first-order valence-electron chi connectivity index (χ1n) is 22.6. The van der Waals surface area contributed by atoms with Gasteiger partial charge in [0.15, 0.2) is 5.82 Å². The first-order chi connectivity index (χ1) is 30.3. The highest BCUT2D eigenvalue weighted by atomic mass is 19.1. The van der Waals surface area contributed by atoms with Gasteiger partial charge in [0.05, 0.1) is 54.7 Å². The zero-order chi connectivity index (χ0) is 42.3. The SMILES string of the molecule is COC1CCC(C(=O)N2Cc3cccnc3N(OC3CCC(C(=O)N4Cc5cccnc5Nc5ccc(N6CC[C@H](CF)C6)cc54)CC3)c3ccc(N4CC[C@H](F)C4)cc32)CC1. The van der Waals surface area contributed by atoms with Crippen LogP contribution in [0.5, 0.6) is 0 Å². The molecule has 12 nitrogen and oxygen atoms in total. The smallest absolute Gasteiger partial charge is 0.230 e. The van der Waals surface area contributed by atoms with E-state index in [1.54, 1.807) is 19.5 Å². The number of aromatic nitrogens is 2. The summed E-state index contributed by atoms with van der Waals surface area (Å²) >= 11 is 0. The summed E-state index contributed by atoms with van der Waals surface area (Å²) in [6.07, 6.45) is 9.61. The average molecular weight is 847 g/mol. The molecule has 6 heterocycles. The largest absolute Gasteiger partial charge is 0.381 e. The number of rotatable bonds is 8. The van der Waals surface area contributed by atoms with Gasteiger partial charge in [-0.05, 0) is 113 Å². The number of alkyl halides is 2. The summed E-state index contributed by atoms with van der Waals surface area (Å²) in [5, 5.41) is 5.30. The second-order valence-corrected chi connectivity index (χ2v) is 18.0. The molecular weight excluding hydrogens is 791 g/mol. The molecule has 2 aromatic carbocycles. The van der Waals surface area contributed by atoms with Crippen molar-refractivity contribution in [2.24, 2.45) is 17.8 Å². The zero-order valence-electron chi connectivity index (χ0n) is 35.4. The summed E-state index contributed by atoms with van der Waals surface area (Å²) in [5.41, 5.74) is 6.73. The molecule has 6 aliphatic rings. The molecule has 1 N–H and O–H groups in total. The van der Waals surface area contributed by atoms with Gasteiger partial charge in [-0.3, -0.25) is 18.8 Å². The van der Waals surface area contributed by atoms with Crippen LogP contribution in [0.15, 0.2) is 73.1 Å². The van der Waals surface area contributed by atoms with Crippen molar-refractivity contribution in [2.45, 2.75) is 95.7 Å². The monoisotopic (exact) mass is 846 g/mol. The molecule has 2 saturated heterocycles. The van der Waals surface area contributed by atoms with Gasteiger partial charge in [-0.1, -0.05) is 12.1 Å². The standard InChI is InChI=1S/C48H56F2N8O4/c1-61-39-12-6-32(7-13-39)48(60)57-29-35-5-3-21-52-46(35)58(42-17-11-38(25-44(42)57)55-23-19-36(50)30-55)62-40-14-8-33(9-15-40)47(59)56-28-34-4-2-20-51-45(34)53-41-16-10-37(24-43(41)56)54-22-18-31(26-49)27-54/h2-5,10-11,16-17,20-21,24-25,31-33,36,39-40H,6-9,12-15,18-19,22-23,26-30H2,1H3,(H,51,53)/t31-,32?,33?,36+,39?,40?/m1/s1. The van der Waals surface area contributed by atoms with E-state index in [-0.39, 0.29) is 48.5 Å². The van der Waals surface area contributed by atoms with Crippen LogP contribution in [0.1, 0.15) is 75.3 Å². The Hall–Kier alpha value is -5.34. The summed E-state index contributed by atoms with van der Waals surface area (Å²) in [6.45, 7) is 2.76. The van der Waals surface area contributed by atoms with E-state index in [1.807, 2.05) is 69.5 Å². The molecule has 326 valence electrons. The zero-order valence-corrected chi connectivity index (χ0v) is 35.4. The summed E-state index contributed by atoms with van der Waals surface area (Å²) < 4.78 is 33.8. The van der Waals surface area contributed by atoms with E-state index >= 15 is 0 Å². The maximum absolute atomic E-state index is 14.8. The molecule has 4 fully saturated rings. The molecule has 2 aliphatic carbocycles. The van der Waals surface area contributed by atoms with E-state index in [2.05, 4.69) is 26.2 Å². The average Bonchev–Trinajstić information content (AvgIpc) is 3.92. The number of methoxy groups -OCH3 is 1. The van der Waals surface area contributed by atoms with Gasteiger partial charge < -0.3 is 29.7 Å². The number of benzene rings is 2. The van der Waals surface area contributed by atoms with Crippen molar-refractivity contribution in [3.05, 3.63) is 84.2 Å². The molecule has 0 bridgehead atoms. The lowest BCUT2D eigenvalue weighted by atomic mass is 9.86. The maximum Gasteiger partial charge on any atom is 0.230 e. The number of fused-ring (bicyclic) bond motifs is 4. The van der Waals surface area contributed by atoms with E-state index in [1.165, 1.54) is 0 Å². The van der Waals surface area contributed by atoms with Crippen LogP contribution >= 0.6 is 0 Å². The minimum Gasteiger partial charge on any atom is -0.381 e. The predicted molar refractivity (Wildman–Crippen MR) is 237 cm³/mol. The molecule has 4 aromatic rings. The topological polar surface area (TPSA) is 107 Å². The molecule has 2 amide bonds. The minimum atomic E-state index is -0.889. The number of anilines is 8. The van der Waals surface area contributed by atoms with E-state index < -0.39 is 6.17 Å². The number of halogens is 2. The quantitative estimate of drug-likeness (QED) is 0.185. The number of carbonyl (C=O) groups is 2. The van der Waals surface area contributed by atoms with Crippen LogP contribution in [0.25, 0.3) is 0 Å². The Morgan fingerprint density at radius 1 is 0.710 bits per heavy atom. The number of carbonyl (C=O) groups excluding carboxylic acids is 2. The lowest BCUT2D eigenvalue weighted by molar-refractivity contribution is -0.125. The minimum absolute atomic E-state index is 0.0215. The van der Waals surface area contributed by atoms with Crippen LogP contribution in [0.3, 0.4) is 0 Å². The van der Waals surface area contributed by atoms with Crippen molar-refractivity contribution in [1.82, 2.24) is 9.97 Å². The van der Waals surface area contributed by atoms with E-state index in [0.717, 1.165) is 84.0 Å². The van der Waals surface area contributed by atoms with Gasteiger partial charge in [0.2, 0.25) is 11.8 Å². The van der Waals surface area contributed by atoms with Gasteiger partial charge in [-0.2, -0.15) is 0 Å². The fourth-order valence-corrected chi connectivity index (χ4v) is 10.5. The van der Waals surface area contributed by atoms with Crippen LogP contribution < -0.4 is 30.0 Å². The number of nitrogens with zero attached hydrogens (tertiary/aromatic N) is 7. The van der Waals surface area contributed by atoms with Gasteiger partial charge in [0.25, 0.3) is 0 Å². The lowest BCUT2D eigenvalue weighted by Crippen LogP contribution is -2.39. The third-order valence-electron chi connectivity index (χ3n) is 14.1. The Balaban J connectivity index is 0.911. The van der Waals surface area contributed by atoms with Gasteiger partial charge in [-0.15, -0.1) is 0 Å². The third-order valence-corrected chi connectivity index (χ3v) is 14.1. The van der Waals surface area contributed by atoms with Crippen molar-refractivity contribution >= 4 is 57.6 Å². The van der Waals surface area contributed by atoms with Crippen molar-refractivity contribution in [1.29, 1.82) is 0 Å². The second-order valence-electron chi connectivity index (χ2n) is 18.0. The molecule has 10 rings (SSSR count). The van der Waals surface area contributed by atoms with Crippen LogP contribution in [0.2, 0.25) is 0 Å². The Morgan fingerprint density at radius 3 is 2.03 bits per heavy atom. The highest BCUT2D eigenvalue weighted by Crippen LogP contribution is 2.46. The highest BCUT2D eigenvalue weighted by Gasteiger charge is 2.39. The summed E-state index contributed by atoms with van der Waals surface area (Å²) in [6, 6.07) is 20.0. The van der Waals surface area contributed by atoms with Gasteiger partial charge in [0.1, 0.15) is 12.0 Å². The fourth-order valence-electron chi connectivity index (χ4n) is 10.5. The Morgan fingerprint density at radius 2 is 1.34 bits per heavy atom. The molecule has 2 aromatic heterocycles. The molecule has 0 unspecified atom stereocenters. The molecule has 2 saturated carbocycles. The van der Waals surface area contributed by atoms with Crippen LogP contribution in [0, 0.1) is 17.8 Å². The molecule has 0 radical (unpaired) electrons. The van der Waals surface area contributed by atoms with Gasteiger partial charge >= 0.3 is 0 Å². The van der Waals surface area contributed by atoms with E-state index in [0.29, 0.717) is 76.3 Å². The van der Waals surface area contributed by atoms with Gasteiger partial charge in [-0.25, -0.2) is 19.4 Å². The van der Waals surface area contributed by atoms with Crippen LogP contribution in [-0.2, 0) is 32.3 Å². The number of ether oxygens (including phenoxy) is 1. The summed E-state index contributed by atoms with van der Waals surface area (Å²) in [7, 11) is 1.74. The summed E-state index contributed by atoms with van der Waals surface area (Å²) in [5.74, 6) is 1.16. The molecule has 0 spiro atoms. The Bertz CT molecular complexity index is 2280. The highest BCUT2D eigenvalue weighted by molar-refractivity contribution is 6.01. The number of hydrogen-bond donors (Lipinski definition) is 1. The molecule has 62 heavy (non-hydrogen) atoms. The van der Waals surface area contributed by atoms with Crippen molar-refractivity contribution < 1.29 is 27.9 Å². The predicted octanol–water partition coefficient (Wildman–Crippen LogP) is 8.79. The number of pyridine rings is 2. The number of amides is 2. The van der Waals surface area contributed by atoms with E-state index in [9.17, 15) is 18.4 Å². The lowest BCUT2D eigenvalue weighted by Gasteiger charge is -2.35. The summed E-state index contributed by atoms with van der Waals surface area (Å²) in [4.78, 5) is 54.0. The van der Waals surface area contributed by atoms with Crippen molar-refractivity contribution in [2.75, 3.05) is 69.9 Å². The Labute approximate surface area is 362 Å². The molecule has 14 heteroatoms. The number of hydrogen-bond acceptors (Lipinski definition) is 10. The first kappa shape index (κ1) is 40.7. The third kappa shape index (κ3) is 7.95. The molecule has 4 aliphatic heterocycles.